The third kappa shape index (κ3) is 44.9. The molecule has 76 heavy (non-hydrogen) atoms. The quantitative estimate of drug-likeness (QED) is 0.0261. The van der Waals surface area contributed by atoms with Gasteiger partial charge < -0.3 is 40.3 Å². The molecule has 9 heteroatoms. The molecule has 7 atom stereocenters. The van der Waals surface area contributed by atoms with E-state index >= 15 is 0 Å². The number of aliphatic hydroxyl groups is 5. The Morgan fingerprint density at radius 2 is 0.816 bits per heavy atom. The van der Waals surface area contributed by atoms with Crippen LogP contribution in [0, 0.1) is 0 Å². The molecule has 0 spiro atoms. The van der Waals surface area contributed by atoms with E-state index < -0.39 is 49.5 Å². The molecule has 1 aliphatic rings. The molecule has 0 aliphatic carbocycles. The van der Waals surface area contributed by atoms with Crippen molar-refractivity contribution in [3.63, 3.8) is 0 Å². The van der Waals surface area contributed by atoms with Gasteiger partial charge in [-0.2, -0.15) is 0 Å². The Balaban J connectivity index is 2.12. The normalized spacial score (nSPS) is 19.1. The van der Waals surface area contributed by atoms with Crippen LogP contribution in [-0.4, -0.2) is 87.5 Å². The lowest BCUT2D eigenvalue weighted by molar-refractivity contribution is -0.302. The number of aliphatic hydroxyl groups excluding tert-OH is 5. The van der Waals surface area contributed by atoms with Crippen molar-refractivity contribution >= 4 is 5.91 Å². The van der Waals surface area contributed by atoms with E-state index in [2.05, 4.69) is 67.8 Å². The van der Waals surface area contributed by atoms with Gasteiger partial charge in [-0.1, -0.05) is 306 Å². The Hall–Kier alpha value is -1.85. The molecule has 7 unspecified atom stereocenters. The van der Waals surface area contributed by atoms with E-state index in [4.69, 9.17) is 9.47 Å². The number of carbonyl (C=O) groups excluding carboxylic acids is 1. The van der Waals surface area contributed by atoms with Crippen molar-refractivity contribution in [2.45, 2.75) is 358 Å². The van der Waals surface area contributed by atoms with Gasteiger partial charge in [0.1, 0.15) is 24.4 Å². The van der Waals surface area contributed by atoms with Crippen LogP contribution in [0.5, 0.6) is 0 Å². The maximum Gasteiger partial charge on any atom is 0.220 e. The number of ether oxygens (including phenoxy) is 2. The van der Waals surface area contributed by atoms with Crippen molar-refractivity contribution < 1.29 is 39.8 Å². The third-order valence-electron chi connectivity index (χ3n) is 15.7. The van der Waals surface area contributed by atoms with E-state index in [1.54, 1.807) is 0 Å². The molecule has 1 saturated heterocycles. The molecule has 0 aromatic carbocycles. The van der Waals surface area contributed by atoms with Crippen molar-refractivity contribution in [2.24, 2.45) is 0 Å². The predicted molar refractivity (Wildman–Crippen MR) is 323 cm³/mol. The Kier molecular flexibility index (Phi) is 53.6. The largest absolute Gasteiger partial charge is 0.394 e. The van der Waals surface area contributed by atoms with Gasteiger partial charge in [-0.15, -0.1) is 0 Å². The minimum atomic E-state index is -1.55. The number of amides is 1. The van der Waals surface area contributed by atoms with E-state index in [-0.39, 0.29) is 12.5 Å². The van der Waals surface area contributed by atoms with Crippen LogP contribution in [-0.2, 0) is 14.3 Å². The molecule has 1 rings (SSSR count). The van der Waals surface area contributed by atoms with Crippen molar-refractivity contribution in [1.82, 2.24) is 5.32 Å². The highest BCUT2D eigenvalue weighted by Gasteiger charge is 2.44. The van der Waals surface area contributed by atoms with Crippen LogP contribution in [0.3, 0.4) is 0 Å². The summed E-state index contributed by atoms with van der Waals surface area (Å²) in [4.78, 5) is 13.1. The number of nitrogens with one attached hydrogen (secondary N) is 1. The lowest BCUT2D eigenvalue weighted by atomic mass is 9.99. The van der Waals surface area contributed by atoms with Gasteiger partial charge in [0.2, 0.25) is 5.91 Å². The number of unbranched alkanes of at least 4 members (excludes halogenated alkanes) is 39. The van der Waals surface area contributed by atoms with Gasteiger partial charge in [0.15, 0.2) is 6.29 Å². The highest BCUT2D eigenvalue weighted by Crippen LogP contribution is 2.24. The van der Waals surface area contributed by atoms with Crippen LogP contribution in [0.2, 0.25) is 0 Å². The molecule has 0 saturated carbocycles. The molecule has 0 aromatic heterocycles. The van der Waals surface area contributed by atoms with Gasteiger partial charge in [-0.25, -0.2) is 0 Å². The first-order valence-corrected chi connectivity index (χ1v) is 32.8. The van der Waals surface area contributed by atoms with E-state index in [9.17, 15) is 30.3 Å². The van der Waals surface area contributed by atoms with Crippen molar-refractivity contribution in [3.05, 3.63) is 48.6 Å². The summed E-state index contributed by atoms with van der Waals surface area (Å²) in [5.74, 6) is -0.139. The average molecular weight is 1070 g/mol. The summed E-state index contributed by atoms with van der Waals surface area (Å²) in [6, 6.07) is -0.720. The summed E-state index contributed by atoms with van der Waals surface area (Å²) in [7, 11) is 0. The fourth-order valence-electron chi connectivity index (χ4n) is 10.6. The highest BCUT2D eigenvalue weighted by molar-refractivity contribution is 5.76. The topological polar surface area (TPSA) is 149 Å². The second-order valence-corrected chi connectivity index (χ2v) is 22.9. The zero-order valence-corrected chi connectivity index (χ0v) is 49.8. The van der Waals surface area contributed by atoms with Gasteiger partial charge in [-0.05, 0) is 51.4 Å². The van der Waals surface area contributed by atoms with Crippen molar-refractivity contribution in [1.29, 1.82) is 0 Å². The molecule has 6 N–H and O–H groups in total. The Labute approximate surface area is 469 Å². The highest BCUT2D eigenvalue weighted by atomic mass is 16.7. The van der Waals surface area contributed by atoms with Crippen LogP contribution in [0.25, 0.3) is 0 Å². The van der Waals surface area contributed by atoms with Gasteiger partial charge in [-0.3, -0.25) is 4.79 Å². The van der Waals surface area contributed by atoms with E-state index in [1.807, 2.05) is 0 Å². The van der Waals surface area contributed by atoms with Crippen LogP contribution in [0.4, 0.5) is 0 Å². The van der Waals surface area contributed by atoms with Crippen molar-refractivity contribution in [3.8, 4) is 0 Å². The summed E-state index contributed by atoms with van der Waals surface area (Å²) < 4.78 is 11.4. The smallest absolute Gasteiger partial charge is 0.220 e. The second-order valence-electron chi connectivity index (χ2n) is 22.9. The Morgan fingerprint density at radius 1 is 0.461 bits per heavy atom. The monoisotopic (exact) mass is 1070 g/mol. The molecule has 1 heterocycles. The average Bonchev–Trinajstić information content (AvgIpc) is 3.42. The number of hydrogen-bond donors (Lipinski definition) is 6. The second kappa shape index (κ2) is 56.4. The minimum Gasteiger partial charge on any atom is -0.394 e. The maximum absolute atomic E-state index is 13.1. The summed E-state index contributed by atoms with van der Waals surface area (Å²) >= 11 is 0. The lowest BCUT2D eigenvalue weighted by Gasteiger charge is -2.40. The lowest BCUT2D eigenvalue weighted by Crippen LogP contribution is -2.60. The SMILES string of the molecule is CC/C=C\C/C=C\C/C=C\C/C=C\CCCCCCCCCCCCCCCCCCCCC(=O)NC(COC1OC(CO)C(O)C(O)C1O)C(O)CCCCCCCCCCCCCCCCCCCCCCCC. The number of carbonyl (C=O) groups is 1. The summed E-state index contributed by atoms with van der Waals surface area (Å²) in [6.07, 6.45) is 68.7. The van der Waals surface area contributed by atoms with E-state index in [0.717, 1.165) is 64.2 Å². The number of hydrogen-bond acceptors (Lipinski definition) is 8. The minimum absolute atomic E-state index is 0.135. The first kappa shape index (κ1) is 72.2. The zero-order chi connectivity index (χ0) is 55.0. The van der Waals surface area contributed by atoms with Crippen LogP contribution in [0.15, 0.2) is 48.6 Å². The first-order chi connectivity index (χ1) is 37.3. The Morgan fingerprint density at radius 3 is 1.21 bits per heavy atom. The van der Waals surface area contributed by atoms with E-state index in [1.165, 1.54) is 225 Å². The Bertz CT molecular complexity index is 1340. The molecule has 1 fully saturated rings. The first-order valence-electron chi connectivity index (χ1n) is 32.8. The summed E-state index contributed by atoms with van der Waals surface area (Å²) in [5.41, 5.74) is 0. The molecule has 1 amide bonds. The summed E-state index contributed by atoms with van der Waals surface area (Å²) in [5, 5.41) is 54.9. The van der Waals surface area contributed by atoms with Crippen LogP contribution < -0.4 is 5.32 Å². The van der Waals surface area contributed by atoms with E-state index in [0.29, 0.717) is 12.8 Å². The molecule has 0 bridgehead atoms. The standard InChI is InChI=1S/C67H125NO8/c1-3-5-7-9-11-13-15-17-19-21-23-25-27-28-29-30-31-32-33-34-35-37-39-41-43-45-47-49-51-53-55-57-63(71)68-60(59-75-67-66(74)65(73)64(72)62(58-69)76-67)61(70)56-54-52-50-48-46-44-42-40-38-36-26-24-22-20-18-16-14-12-10-8-6-4-2/h5,7,11,13,17,19,23,25,60-62,64-67,69-70,72-74H,3-4,6,8-10,12,14-16,18,20-22,24,26-59H2,1-2H3,(H,68,71)/b7-5-,13-11-,19-17-,25-23-. The fourth-order valence-corrected chi connectivity index (χ4v) is 10.6. The molecular formula is C67H125NO8. The summed E-state index contributed by atoms with van der Waals surface area (Å²) in [6.45, 7) is 3.77. The maximum atomic E-state index is 13.1. The zero-order valence-electron chi connectivity index (χ0n) is 49.8. The fraction of sp³-hybridized carbons (Fsp3) is 0.866. The van der Waals surface area contributed by atoms with Crippen molar-refractivity contribution in [2.75, 3.05) is 13.2 Å². The molecule has 1 aliphatic heterocycles. The number of allylic oxidation sites excluding steroid dienone is 8. The van der Waals surface area contributed by atoms with Gasteiger partial charge >= 0.3 is 0 Å². The molecule has 0 aromatic rings. The predicted octanol–water partition coefficient (Wildman–Crippen LogP) is 17.2. The molecular weight excluding hydrogens is 947 g/mol. The molecule has 9 nitrogen and oxygen atoms in total. The van der Waals surface area contributed by atoms with Crippen LogP contribution >= 0.6 is 0 Å². The number of rotatable bonds is 57. The molecule has 0 radical (unpaired) electrons. The van der Waals surface area contributed by atoms with Crippen LogP contribution in [0.1, 0.15) is 316 Å². The van der Waals surface area contributed by atoms with Gasteiger partial charge in [0, 0.05) is 6.42 Å². The molecule has 446 valence electrons. The third-order valence-corrected chi connectivity index (χ3v) is 15.7. The van der Waals surface area contributed by atoms with Gasteiger partial charge in [0.05, 0.1) is 25.4 Å². The van der Waals surface area contributed by atoms with Gasteiger partial charge in [0.25, 0.3) is 0 Å².